The summed E-state index contributed by atoms with van der Waals surface area (Å²) in [7, 11) is 0. The van der Waals surface area contributed by atoms with Crippen molar-refractivity contribution in [2.75, 3.05) is 0 Å². The second-order valence-electron chi connectivity index (χ2n) is 16.0. The third kappa shape index (κ3) is 6.69. The highest BCUT2D eigenvalue weighted by molar-refractivity contribution is 6.06. The van der Waals surface area contributed by atoms with Crippen LogP contribution in [0.2, 0.25) is 0 Å². The number of hydrogen-bond donors (Lipinski definition) is 0. The van der Waals surface area contributed by atoms with Crippen molar-refractivity contribution in [3.63, 3.8) is 0 Å². The molecule has 0 aliphatic carbocycles. The molecule has 4 nitrogen and oxygen atoms in total. The summed E-state index contributed by atoms with van der Waals surface area (Å²) in [5, 5.41) is 0. The molecule has 0 amide bonds. The Morgan fingerprint density at radius 1 is 0.418 bits per heavy atom. The molecule has 0 aromatic heterocycles. The molecule has 0 unspecified atom stereocenters. The molecule has 6 aromatic rings. The fraction of sp³-hybridized carbons (Fsp3) is 0.255. The molecule has 6 aromatic carbocycles. The maximum absolute atomic E-state index is 7.52. The summed E-state index contributed by atoms with van der Waals surface area (Å²) in [5.41, 5.74) is 8.91. The maximum atomic E-state index is 7.52. The fourth-order valence-electron chi connectivity index (χ4n) is 8.22. The van der Waals surface area contributed by atoms with Gasteiger partial charge < -0.3 is 9.47 Å². The second-order valence-corrected chi connectivity index (χ2v) is 16.0. The highest BCUT2D eigenvalue weighted by Gasteiger charge is 2.58. The lowest BCUT2D eigenvalue weighted by molar-refractivity contribution is 0.0733. The Morgan fingerprint density at radius 2 is 0.691 bits per heavy atom. The van der Waals surface area contributed by atoms with Gasteiger partial charge in [-0.05, 0) is 65.5 Å². The van der Waals surface area contributed by atoms with Gasteiger partial charge >= 0.3 is 0 Å². The van der Waals surface area contributed by atoms with Crippen molar-refractivity contribution in [3.05, 3.63) is 213 Å². The van der Waals surface area contributed by atoms with Crippen molar-refractivity contribution in [2.24, 2.45) is 15.4 Å². The van der Waals surface area contributed by atoms with Gasteiger partial charge in [0.15, 0.2) is 11.2 Å². The second kappa shape index (κ2) is 14.5. The van der Waals surface area contributed by atoms with Crippen molar-refractivity contribution < 1.29 is 9.47 Å². The molecule has 2 aliphatic rings. The lowest BCUT2D eigenvalue weighted by Gasteiger charge is -2.38. The lowest BCUT2D eigenvalue weighted by atomic mass is 9.78. The molecule has 0 N–H and O–H groups in total. The Hall–Kier alpha value is -5.74. The molecular formula is C51H50N2O2. The van der Waals surface area contributed by atoms with E-state index in [4.69, 9.17) is 19.5 Å². The smallest absolute Gasteiger partial charge is 0.200 e. The first-order valence-electron chi connectivity index (χ1n) is 19.5. The van der Waals surface area contributed by atoms with Crippen LogP contribution in [-0.2, 0) is 33.5 Å². The van der Waals surface area contributed by atoms with E-state index in [2.05, 4.69) is 199 Å². The SMILES string of the molecule is Cc1ccc(C2(c3ccc(C)cc3)OC(C(C)(C)C3=N[C@@H](Cc4ccccc4)C(c4ccc(C)cc4)(c4ccc(C)cc4)O3)=N[C@H]2Cc2ccccc2)cc1. The van der Waals surface area contributed by atoms with Gasteiger partial charge in [0.2, 0.25) is 11.8 Å². The quantitative estimate of drug-likeness (QED) is 0.141. The molecule has 2 aliphatic heterocycles. The van der Waals surface area contributed by atoms with E-state index in [1.165, 1.54) is 33.4 Å². The molecule has 276 valence electrons. The van der Waals surface area contributed by atoms with Gasteiger partial charge in [-0.1, -0.05) is 180 Å². The Balaban J connectivity index is 1.29. The lowest BCUT2D eigenvalue weighted by Crippen LogP contribution is -2.44. The van der Waals surface area contributed by atoms with Gasteiger partial charge in [0.1, 0.15) is 17.5 Å². The van der Waals surface area contributed by atoms with Crippen LogP contribution in [0.25, 0.3) is 0 Å². The van der Waals surface area contributed by atoms with Crippen LogP contribution in [0.3, 0.4) is 0 Å². The van der Waals surface area contributed by atoms with Crippen LogP contribution >= 0.6 is 0 Å². The van der Waals surface area contributed by atoms with Gasteiger partial charge in [0, 0.05) is 22.3 Å². The zero-order valence-corrected chi connectivity index (χ0v) is 32.8. The first-order chi connectivity index (χ1) is 26.6. The summed E-state index contributed by atoms with van der Waals surface area (Å²) in [6.45, 7) is 12.8. The fourth-order valence-corrected chi connectivity index (χ4v) is 8.22. The number of aryl methyl sites for hydroxylation is 4. The van der Waals surface area contributed by atoms with Gasteiger partial charge in [0.05, 0.1) is 0 Å². The van der Waals surface area contributed by atoms with E-state index >= 15 is 0 Å². The van der Waals surface area contributed by atoms with E-state index in [1.54, 1.807) is 0 Å². The number of ether oxygens (including phenoxy) is 2. The van der Waals surface area contributed by atoms with E-state index in [-0.39, 0.29) is 12.1 Å². The molecular weight excluding hydrogens is 673 g/mol. The molecule has 0 saturated heterocycles. The Morgan fingerprint density at radius 3 is 0.964 bits per heavy atom. The van der Waals surface area contributed by atoms with E-state index in [9.17, 15) is 0 Å². The van der Waals surface area contributed by atoms with Crippen LogP contribution in [0.5, 0.6) is 0 Å². The van der Waals surface area contributed by atoms with E-state index < -0.39 is 16.6 Å². The van der Waals surface area contributed by atoms with Crippen LogP contribution in [0, 0.1) is 33.1 Å². The summed E-state index contributed by atoms with van der Waals surface area (Å²) in [5.74, 6) is 1.24. The number of aliphatic imine (C=N–C) groups is 2. The van der Waals surface area contributed by atoms with Crippen LogP contribution in [0.1, 0.15) is 69.5 Å². The number of nitrogens with zero attached hydrogens (tertiary/aromatic N) is 2. The van der Waals surface area contributed by atoms with Crippen LogP contribution in [0.4, 0.5) is 0 Å². The predicted molar refractivity (Wildman–Crippen MR) is 225 cm³/mol. The third-order valence-corrected chi connectivity index (χ3v) is 11.5. The normalized spacial score (nSPS) is 18.6. The average molecular weight is 723 g/mol. The highest BCUT2D eigenvalue weighted by Crippen LogP contribution is 2.51. The van der Waals surface area contributed by atoms with E-state index in [0.29, 0.717) is 24.6 Å². The largest absolute Gasteiger partial charge is 0.462 e. The van der Waals surface area contributed by atoms with Gasteiger partial charge in [0.25, 0.3) is 0 Å². The molecule has 0 bridgehead atoms. The zero-order chi connectivity index (χ0) is 38.2. The molecule has 8 rings (SSSR count). The Bertz CT molecular complexity index is 2050. The molecule has 0 spiro atoms. The summed E-state index contributed by atoms with van der Waals surface area (Å²) < 4.78 is 15.0. The first-order valence-corrected chi connectivity index (χ1v) is 19.5. The minimum absolute atomic E-state index is 0.254. The monoisotopic (exact) mass is 722 g/mol. The number of rotatable bonds is 10. The van der Waals surface area contributed by atoms with Gasteiger partial charge in [-0.3, -0.25) is 0 Å². The van der Waals surface area contributed by atoms with Crippen molar-refractivity contribution in [1.82, 2.24) is 0 Å². The minimum Gasteiger partial charge on any atom is -0.462 e. The van der Waals surface area contributed by atoms with Gasteiger partial charge in [-0.2, -0.15) is 0 Å². The number of benzene rings is 6. The minimum atomic E-state index is -0.878. The van der Waals surface area contributed by atoms with Crippen molar-refractivity contribution >= 4 is 11.8 Å². The van der Waals surface area contributed by atoms with Crippen molar-refractivity contribution in [2.45, 2.75) is 77.7 Å². The molecule has 0 saturated carbocycles. The Kier molecular flexibility index (Phi) is 9.55. The molecule has 2 heterocycles. The molecule has 2 atom stereocenters. The summed E-state index contributed by atoms with van der Waals surface area (Å²) >= 11 is 0. The molecule has 4 heteroatoms. The summed E-state index contributed by atoms with van der Waals surface area (Å²) in [6.07, 6.45) is 1.39. The van der Waals surface area contributed by atoms with Crippen molar-refractivity contribution in [3.8, 4) is 0 Å². The third-order valence-electron chi connectivity index (χ3n) is 11.5. The average Bonchev–Trinajstić information content (AvgIpc) is 3.78. The predicted octanol–water partition coefficient (Wildman–Crippen LogP) is 11.2. The molecule has 55 heavy (non-hydrogen) atoms. The van der Waals surface area contributed by atoms with E-state index in [1.807, 2.05) is 0 Å². The summed E-state index contributed by atoms with van der Waals surface area (Å²) in [4.78, 5) is 11.2. The first kappa shape index (κ1) is 36.2. The maximum Gasteiger partial charge on any atom is 0.200 e. The van der Waals surface area contributed by atoms with Crippen molar-refractivity contribution in [1.29, 1.82) is 0 Å². The van der Waals surface area contributed by atoms with Crippen LogP contribution < -0.4 is 0 Å². The number of hydrogen-bond acceptors (Lipinski definition) is 4. The zero-order valence-electron chi connectivity index (χ0n) is 32.8. The molecule has 0 fully saturated rings. The summed E-state index contributed by atoms with van der Waals surface area (Å²) in [6, 6.07) is 55.8. The molecule has 0 radical (unpaired) electrons. The van der Waals surface area contributed by atoms with Gasteiger partial charge in [-0.15, -0.1) is 0 Å². The topological polar surface area (TPSA) is 43.2 Å². The van der Waals surface area contributed by atoms with E-state index in [0.717, 1.165) is 22.3 Å². The van der Waals surface area contributed by atoms with Crippen LogP contribution in [0.15, 0.2) is 168 Å². The van der Waals surface area contributed by atoms with Crippen LogP contribution in [-0.4, -0.2) is 23.9 Å². The standard InChI is InChI=1S/C51H50N2O2/c1-35-17-25-41(26-18-35)50(42-27-19-36(2)20-28-42)45(33-39-13-9-7-10-14-39)52-47(54-50)49(5,6)48-53-46(34-40-15-11-8-12-16-40)51(55-48,43-29-21-37(3)22-30-43)44-31-23-38(4)24-32-44/h7-32,45-46H,33-34H2,1-6H3/t45-,46-/m0/s1. The van der Waals surface area contributed by atoms with Gasteiger partial charge in [-0.25, -0.2) is 9.98 Å². The Labute approximate surface area is 326 Å². The highest BCUT2D eigenvalue weighted by atomic mass is 16.5.